The van der Waals surface area contributed by atoms with Crippen LogP contribution in [-0.2, 0) is 9.47 Å². The molecule has 2 heteroatoms. The zero-order valence-corrected chi connectivity index (χ0v) is 13.2. The summed E-state index contributed by atoms with van der Waals surface area (Å²) in [5.74, 6) is 0.416. The average molecular weight is 256 g/mol. The SMILES string of the molecule is CCCCCC[C@@]1(C)CC(C)(C)O[C@@H](C(C)C)O1. The van der Waals surface area contributed by atoms with E-state index in [0.29, 0.717) is 5.92 Å². The molecule has 1 saturated heterocycles. The first-order valence-corrected chi connectivity index (χ1v) is 7.64. The lowest BCUT2D eigenvalue weighted by Gasteiger charge is -2.48. The first-order valence-electron chi connectivity index (χ1n) is 7.64. The maximum atomic E-state index is 6.23. The van der Waals surface area contributed by atoms with E-state index in [9.17, 15) is 0 Å². The van der Waals surface area contributed by atoms with E-state index in [2.05, 4.69) is 41.5 Å². The van der Waals surface area contributed by atoms with Crippen LogP contribution in [0, 0.1) is 5.92 Å². The highest BCUT2D eigenvalue weighted by molar-refractivity contribution is 4.89. The molecule has 2 nitrogen and oxygen atoms in total. The summed E-state index contributed by atoms with van der Waals surface area (Å²) in [6, 6.07) is 0. The fourth-order valence-corrected chi connectivity index (χ4v) is 2.95. The zero-order chi connectivity index (χ0) is 13.8. The molecule has 1 rings (SSSR count). The van der Waals surface area contributed by atoms with Crippen molar-refractivity contribution in [1.82, 2.24) is 0 Å². The van der Waals surface area contributed by atoms with Crippen molar-refractivity contribution in [3.8, 4) is 0 Å². The van der Waals surface area contributed by atoms with Crippen LogP contribution in [0.2, 0.25) is 0 Å². The summed E-state index contributed by atoms with van der Waals surface area (Å²) in [5, 5.41) is 0. The molecule has 0 bridgehead atoms. The second-order valence-electron chi connectivity index (χ2n) is 7.05. The third-order valence-corrected chi connectivity index (χ3v) is 3.74. The molecule has 0 radical (unpaired) electrons. The fourth-order valence-electron chi connectivity index (χ4n) is 2.95. The molecule has 0 aromatic rings. The number of unbranched alkanes of at least 4 members (excludes halogenated alkanes) is 3. The second kappa shape index (κ2) is 6.38. The predicted octanol–water partition coefficient (Wildman–Crippen LogP) is 4.91. The lowest BCUT2D eigenvalue weighted by atomic mass is 9.84. The van der Waals surface area contributed by atoms with E-state index in [1.807, 2.05) is 0 Å². The van der Waals surface area contributed by atoms with Gasteiger partial charge in [-0.2, -0.15) is 0 Å². The van der Waals surface area contributed by atoms with Crippen molar-refractivity contribution < 1.29 is 9.47 Å². The molecular weight excluding hydrogens is 224 g/mol. The Balaban J connectivity index is 2.56. The van der Waals surface area contributed by atoms with Crippen LogP contribution < -0.4 is 0 Å². The number of ether oxygens (including phenoxy) is 2. The Bertz CT molecular complexity index is 247. The molecule has 0 aliphatic carbocycles. The molecule has 108 valence electrons. The third kappa shape index (κ3) is 4.89. The largest absolute Gasteiger partial charge is 0.346 e. The van der Waals surface area contributed by atoms with Crippen molar-refractivity contribution in [1.29, 1.82) is 0 Å². The molecule has 1 fully saturated rings. The molecule has 0 aromatic carbocycles. The minimum atomic E-state index is -0.0628. The van der Waals surface area contributed by atoms with Gasteiger partial charge in [0.15, 0.2) is 6.29 Å². The summed E-state index contributed by atoms with van der Waals surface area (Å²) in [6.07, 6.45) is 7.32. The van der Waals surface area contributed by atoms with Gasteiger partial charge in [-0.15, -0.1) is 0 Å². The minimum Gasteiger partial charge on any atom is -0.346 e. The van der Waals surface area contributed by atoms with Crippen LogP contribution >= 0.6 is 0 Å². The normalized spacial score (nSPS) is 31.8. The second-order valence-corrected chi connectivity index (χ2v) is 7.05. The fraction of sp³-hybridized carbons (Fsp3) is 1.00. The molecule has 0 amide bonds. The summed E-state index contributed by atoms with van der Waals surface area (Å²) in [5.41, 5.74) is -0.0723. The predicted molar refractivity (Wildman–Crippen MR) is 76.7 cm³/mol. The van der Waals surface area contributed by atoms with Crippen LogP contribution in [0.25, 0.3) is 0 Å². The molecule has 0 unspecified atom stereocenters. The van der Waals surface area contributed by atoms with Crippen molar-refractivity contribution in [3.63, 3.8) is 0 Å². The van der Waals surface area contributed by atoms with Gasteiger partial charge in [0.05, 0.1) is 11.2 Å². The lowest BCUT2D eigenvalue weighted by molar-refractivity contribution is -0.318. The monoisotopic (exact) mass is 256 g/mol. The van der Waals surface area contributed by atoms with Gasteiger partial charge in [-0.05, 0) is 27.2 Å². The minimum absolute atomic E-state index is 0.00950. The molecule has 0 spiro atoms. The number of rotatable bonds is 6. The van der Waals surface area contributed by atoms with Crippen LogP contribution in [0.5, 0.6) is 0 Å². The van der Waals surface area contributed by atoms with Crippen molar-refractivity contribution >= 4 is 0 Å². The van der Waals surface area contributed by atoms with Gasteiger partial charge in [-0.3, -0.25) is 0 Å². The molecule has 18 heavy (non-hydrogen) atoms. The van der Waals surface area contributed by atoms with Crippen molar-refractivity contribution in [2.75, 3.05) is 0 Å². The van der Waals surface area contributed by atoms with Gasteiger partial charge in [0.2, 0.25) is 0 Å². The highest BCUT2D eigenvalue weighted by atomic mass is 16.7. The van der Waals surface area contributed by atoms with Crippen LogP contribution in [0.3, 0.4) is 0 Å². The Morgan fingerprint density at radius 1 is 1.06 bits per heavy atom. The Morgan fingerprint density at radius 3 is 2.28 bits per heavy atom. The van der Waals surface area contributed by atoms with Crippen molar-refractivity contribution in [2.24, 2.45) is 5.92 Å². The van der Waals surface area contributed by atoms with Crippen LogP contribution in [0.1, 0.15) is 80.1 Å². The topological polar surface area (TPSA) is 18.5 Å². The van der Waals surface area contributed by atoms with Gasteiger partial charge >= 0.3 is 0 Å². The molecule has 1 heterocycles. The first-order chi connectivity index (χ1) is 8.28. The van der Waals surface area contributed by atoms with E-state index in [0.717, 1.165) is 12.8 Å². The lowest BCUT2D eigenvalue weighted by Crippen LogP contribution is -2.51. The third-order valence-electron chi connectivity index (χ3n) is 3.74. The molecule has 2 atom stereocenters. The van der Waals surface area contributed by atoms with E-state index in [1.165, 1.54) is 25.7 Å². The summed E-state index contributed by atoms with van der Waals surface area (Å²) >= 11 is 0. The van der Waals surface area contributed by atoms with Gasteiger partial charge < -0.3 is 9.47 Å². The molecule has 1 aliphatic heterocycles. The smallest absolute Gasteiger partial charge is 0.161 e. The Morgan fingerprint density at radius 2 is 1.72 bits per heavy atom. The maximum Gasteiger partial charge on any atom is 0.161 e. The van der Waals surface area contributed by atoms with Gasteiger partial charge in [-0.1, -0.05) is 46.5 Å². The van der Waals surface area contributed by atoms with Crippen molar-refractivity contribution in [3.05, 3.63) is 0 Å². The summed E-state index contributed by atoms with van der Waals surface area (Å²) in [7, 11) is 0. The highest BCUT2D eigenvalue weighted by Gasteiger charge is 2.43. The standard InChI is InChI=1S/C16H32O2/c1-7-8-9-10-11-16(6)12-15(4,5)17-14(18-16)13(2)3/h13-14H,7-12H2,1-6H3/t14-,16+/m1/s1. The van der Waals surface area contributed by atoms with Crippen molar-refractivity contribution in [2.45, 2.75) is 97.6 Å². The van der Waals surface area contributed by atoms with Crippen LogP contribution in [-0.4, -0.2) is 17.5 Å². The van der Waals surface area contributed by atoms with Gasteiger partial charge in [0.25, 0.3) is 0 Å². The Hall–Kier alpha value is -0.0800. The van der Waals surface area contributed by atoms with E-state index in [-0.39, 0.29) is 17.5 Å². The van der Waals surface area contributed by atoms with E-state index >= 15 is 0 Å². The summed E-state index contributed by atoms with van der Waals surface area (Å²) < 4.78 is 12.3. The molecule has 1 aliphatic rings. The molecule has 0 N–H and O–H groups in total. The average Bonchev–Trinajstić information content (AvgIpc) is 2.21. The molecular formula is C16H32O2. The van der Waals surface area contributed by atoms with Gasteiger partial charge in [0, 0.05) is 12.3 Å². The van der Waals surface area contributed by atoms with Crippen LogP contribution in [0.15, 0.2) is 0 Å². The van der Waals surface area contributed by atoms with Gasteiger partial charge in [0.1, 0.15) is 0 Å². The summed E-state index contributed by atoms with van der Waals surface area (Å²) in [4.78, 5) is 0. The molecule has 0 saturated carbocycles. The Labute approximate surface area is 113 Å². The molecule has 0 aromatic heterocycles. The van der Waals surface area contributed by atoms with E-state index < -0.39 is 0 Å². The van der Waals surface area contributed by atoms with E-state index in [1.54, 1.807) is 0 Å². The van der Waals surface area contributed by atoms with Crippen LogP contribution in [0.4, 0.5) is 0 Å². The maximum absolute atomic E-state index is 6.23. The summed E-state index contributed by atoms with van der Waals surface area (Å²) in [6.45, 7) is 13.2. The van der Waals surface area contributed by atoms with E-state index in [4.69, 9.17) is 9.47 Å². The Kier molecular flexibility index (Phi) is 5.67. The number of hydrogen-bond acceptors (Lipinski definition) is 2. The zero-order valence-electron chi connectivity index (χ0n) is 13.2. The quantitative estimate of drug-likeness (QED) is 0.628. The first kappa shape index (κ1) is 16.0. The number of hydrogen-bond donors (Lipinski definition) is 0. The highest BCUT2D eigenvalue weighted by Crippen LogP contribution is 2.39. The van der Waals surface area contributed by atoms with Gasteiger partial charge in [-0.25, -0.2) is 0 Å².